The van der Waals surface area contributed by atoms with Gasteiger partial charge in [0.1, 0.15) is 18.0 Å². The molecule has 1 heterocycles. The average molecular weight is 354 g/mol. The SMILES string of the molecule is CC[C@@H]1Oc2ccccc2N(CC(=O)NCc2ccc(OC)cc2)C1=O. The summed E-state index contributed by atoms with van der Waals surface area (Å²) in [6.07, 6.45) is -0.00350. The molecule has 1 aliphatic heterocycles. The van der Waals surface area contributed by atoms with Gasteiger partial charge in [-0.25, -0.2) is 0 Å². The van der Waals surface area contributed by atoms with Crippen molar-refractivity contribution in [1.82, 2.24) is 5.32 Å². The van der Waals surface area contributed by atoms with E-state index in [1.54, 1.807) is 13.2 Å². The molecule has 0 aliphatic carbocycles. The number of methoxy groups -OCH3 is 1. The van der Waals surface area contributed by atoms with E-state index in [4.69, 9.17) is 9.47 Å². The van der Waals surface area contributed by atoms with Crippen LogP contribution in [0.15, 0.2) is 48.5 Å². The molecule has 6 nitrogen and oxygen atoms in total. The third kappa shape index (κ3) is 3.79. The second-order valence-electron chi connectivity index (χ2n) is 6.03. The van der Waals surface area contributed by atoms with Crippen molar-refractivity contribution >= 4 is 17.5 Å². The van der Waals surface area contributed by atoms with Gasteiger partial charge in [0.2, 0.25) is 5.91 Å². The molecule has 6 heteroatoms. The quantitative estimate of drug-likeness (QED) is 0.866. The van der Waals surface area contributed by atoms with Crippen molar-refractivity contribution in [3.05, 3.63) is 54.1 Å². The van der Waals surface area contributed by atoms with E-state index in [0.717, 1.165) is 11.3 Å². The van der Waals surface area contributed by atoms with Gasteiger partial charge in [0, 0.05) is 6.54 Å². The van der Waals surface area contributed by atoms with Crippen LogP contribution in [0.2, 0.25) is 0 Å². The number of fused-ring (bicyclic) bond motifs is 1. The first kappa shape index (κ1) is 17.8. The number of carbonyl (C=O) groups excluding carboxylic acids is 2. The van der Waals surface area contributed by atoms with E-state index >= 15 is 0 Å². The van der Waals surface area contributed by atoms with E-state index in [2.05, 4.69) is 5.32 Å². The van der Waals surface area contributed by atoms with Gasteiger partial charge in [0.05, 0.1) is 12.8 Å². The number of carbonyl (C=O) groups is 2. The molecule has 26 heavy (non-hydrogen) atoms. The van der Waals surface area contributed by atoms with Crippen LogP contribution in [0.25, 0.3) is 0 Å². The third-order valence-corrected chi connectivity index (χ3v) is 4.29. The monoisotopic (exact) mass is 354 g/mol. The largest absolute Gasteiger partial charge is 0.497 e. The van der Waals surface area contributed by atoms with Crippen molar-refractivity contribution in [2.24, 2.45) is 0 Å². The molecule has 0 spiro atoms. The Bertz CT molecular complexity index is 789. The van der Waals surface area contributed by atoms with E-state index in [1.807, 2.05) is 49.4 Å². The fourth-order valence-corrected chi connectivity index (χ4v) is 2.84. The van der Waals surface area contributed by atoms with Crippen LogP contribution in [0, 0.1) is 0 Å². The van der Waals surface area contributed by atoms with Gasteiger partial charge >= 0.3 is 0 Å². The first-order valence-corrected chi connectivity index (χ1v) is 8.59. The molecule has 0 saturated heterocycles. The number of ether oxygens (including phenoxy) is 2. The molecule has 1 atom stereocenters. The Hall–Kier alpha value is -3.02. The molecule has 0 saturated carbocycles. The highest BCUT2D eigenvalue weighted by Crippen LogP contribution is 2.34. The molecule has 0 radical (unpaired) electrons. The van der Waals surface area contributed by atoms with Gasteiger partial charge in [-0.2, -0.15) is 0 Å². The van der Waals surface area contributed by atoms with Crippen LogP contribution >= 0.6 is 0 Å². The summed E-state index contributed by atoms with van der Waals surface area (Å²) in [5.41, 5.74) is 1.58. The molecule has 2 amide bonds. The fraction of sp³-hybridized carbons (Fsp3) is 0.300. The lowest BCUT2D eigenvalue weighted by molar-refractivity contribution is -0.129. The van der Waals surface area contributed by atoms with Gasteiger partial charge in [-0.3, -0.25) is 14.5 Å². The van der Waals surface area contributed by atoms with Gasteiger partial charge in [-0.15, -0.1) is 0 Å². The molecule has 0 bridgehead atoms. The number of nitrogens with zero attached hydrogens (tertiary/aromatic N) is 1. The Kier molecular flexibility index (Phi) is 5.41. The number of amides is 2. The molecule has 0 fully saturated rings. The summed E-state index contributed by atoms with van der Waals surface area (Å²) in [5, 5.41) is 2.85. The van der Waals surface area contributed by atoms with Crippen molar-refractivity contribution in [1.29, 1.82) is 0 Å². The number of nitrogens with one attached hydrogen (secondary N) is 1. The molecule has 3 rings (SSSR count). The zero-order chi connectivity index (χ0) is 18.5. The van der Waals surface area contributed by atoms with Crippen molar-refractivity contribution < 1.29 is 19.1 Å². The summed E-state index contributed by atoms with van der Waals surface area (Å²) < 4.78 is 10.8. The first-order valence-electron chi connectivity index (χ1n) is 8.59. The zero-order valence-corrected chi connectivity index (χ0v) is 14.9. The standard InChI is InChI=1S/C20H22N2O4/c1-3-17-20(24)22(16-6-4-5-7-18(16)26-17)13-19(23)21-12-14-8-10-15(25-2)11-9-14/h4-11,17H,3,12-13H2,1-2H3,(H,21,23)/t17-/m0/s1. The summed E-state index contributed by atoms with van der Waals surface area (Å²) in [6, 6.07) is 14.7. The summed E-state index contributed by atoms with van der Waals surface area (Å²) in [6.45, 7) is 2.24. The van der Waals surface area contributed by atoms with E-state index < -0.39 is 6.10 Å². The summed E-state index contributed by atoms with van der Waals surface area (Å²) in [5.74, 6) is 0.981. The van der Waals surface area contributed by atoms with Gasteiger partial charge in [-0.1, -0.05) is 31.2 Å². The fourth-order valence-electron chi connectivity index (χ4n) is 2.84. The van der Waals surface area contributed by atoms with E-state index in [0.29, 0.717) is 24.4 Å². The maximum Gasteiger partial charge on any atom is 0.268 e. The first-order chi connectivity index (χ1) is 12.6. The van der Waals surface area contributed by atoms with E-state index in [9.17, 15) is 9.59 Å². The van der Waals surface area contributed by atoms with Gasteiger partial charge in [0.25, 0.3) is 5.91 Å². The maximum absolute atomic E-state index is 12.6. The lowest BCUT2D eigenvalue weighted by Crippen LogP contribution is -2.49. The number of rotatable bonds is 6. The van der Waals surface area contributed by atoms with E-state index in [1.165, 1.54) is 4.90 Å². The van der Waals surface area contributed by atoms with Crippen LogP contribution in [0.3, 0.4) is 0 Å². The molecule has 1 aliphatic rings. The number of anilines is 1. The maximum atomic E-state index is 12.6. The Morgan fingerprint density at radius 3 is 2.62 bits per heavy atom. The highest BCUT2D eigenvalue weighted by molar-refractivity contribution is 6.03. The normalized spacial score (nSPS) is 15.8. The Balaban J connectivity index is 1.66. The van der Waals surface area contributed by atoms with Crippen LogP contribution in [-0.2, 0) is 16.1 Å². The topological polar surface area (TPSA) is 67.9 Å². The summed E-state index contributed by atoms with van der Waals surface area (Å²) >= 11 is 0. The number of hydrogen-bond acceptors (Lipinski definition) is 4. The second-order valence-corrected chi connectivity index (χ2v) is 6.03. The third-order valence-electron chi connectivity index (χ3n) is 4.29. The van der Waals surface area contributed by atoms with Crippen LogP contribution in [0.5, 0.6) is 11.5 Å². The lowest BCUT2D eigenvalue weighted by atomic mass is 10.1. The molecular weight excluding hydrogens is 332 g/mol. The predicted molar refractivity (Wildman–Crippen MR) is 98.3 cm³/mol. The molecule has 0 unspecified atom stereocenters. The highest BCUT2D eigenvalue weighted by Gasteiger charge is 2.34. The smallest absolute Gasteiger partial charge is 0.268 e. The average Bonchev–Trinajstić information content (AvgIpc) is 2.68. The van der Waals surface area contributed by atoms with Crippen molar-refractivity contribution in [3.63, 3.8) is 0 Å². The number of benzene rings is 2. The van der Waals surface area contributed by atoms with Gasteiger partial charge in [-0.05, 0) is 36.2 Å². The van der Waals surface area contributed by atoms with Crippen LogP contribution in [0.4, 0.5) is 5.69 Å². The van der Waals surface area contributed by atoms with Crippen molar-refractivity contribution in [2.45, 2.75) is 26.0 Å². The molecule has 2 aromatic carbocycles. The predicted octanol–water partition coefficient (Wildman–Crippen LogP) is 2.52. The molecule has 1 N–H and O–H groups in total. The van der Waals surface area contributed by atoms with Crippen molar-refractivity contribution in [2.75, 3.05) is 18.6 Å². The second kappa shape index (κ2) is 7.91. The summed E-state index contributed by atoms with van der Waals surface area (Å²) in [7, 11) is 1.61. The van der Waals surface area contributed by atoms with Crippen LogP contribution in [-0.4, -0.2) is 31.6 Å². The number of hydrogen-bond donors (Lipinski definition) is 1. The van der Waals surface area contributed by atoms with Crippen LogP contribution in [0.1, 0.15) is 18.9 Å². The minimum Gasteiger partial charge on any atom is -0.497 e. The minimum atomic E-state index is -0.556. The summed E-state index contributed by atoms with van der Waals surface area (Å²) in [4.78, 5) is 26.5. The Morgan fingerprint density at radius 1 is 1.19 bits per heavy atom. The Labute approximate surface area is 152 Å². The zero-order valence-electron chi connectivity index (χ0n) is 14.9. The van der Waals surface area contributed by atoms with Crippen molar-refractivity contribution in [3.8, 4) is 11.5 Å². The highest BCUT2D eigenvalue weighted by atomic mass is 16.5. The minimum absolute atomic E-state index is 0.0359. The van der Waals surface area contributed by atoms with E-state index in [-0.39, 0.29) is 18.4 Å². The number of para-hydroxylation sites is 2. The Morgan fingerprint density at radius 2 is 1.92 bits per heavy atom. The molecule has 136 valence electrons. The van der Waals surface area contributed by atoms with Gasteiger partial charge in [0.15, 0.2) is 6.10 Å². The van der Waals surface area contributed by atoms with Gasteiger partial charge < -0.3 is 14.8 Å². The lowest BCUT2D eigenvalue weighted by Gasteiger charge is -2.33. The molecule has 0 aromatic heterocycles. The molecular formula is C20H22N2O4. The molecule has 2 aromatic rings. The van der Waals surface area contributed by atoms with Crippen LogP contribution < -0.4 is 19.7 Å².